The predicted octanol–water partition coefficient (Wildman–Crippen LogP) is -2.54. The van der Waals surface area contributed by atoms with Gasteiger partial charge in [-0.1, -0.05) is 46.2 Å². The number of carboxylic acids is 2. The first-order valence-corrected chi connectivity index (χ1v) is 22.7. The van der Waals surface area contributed by atoms with E-state index in [4.69, 9.17) is 22.3 Å². The van der Waals surface area contributed by atoms with Crippen molar-refractivity contribution in [3.63, 3.8) is 0 Å². The Morgan fingerprint density at radius 3 is 2.00 bits per heavy atom. The van der Waals surface area contributed by atoms with Crippen LogP contribution in [0.4, 0.5) is 0 Å². The van der Waals surface area contributed by atoms with Gasteiger partial charge >= 0.3 is 11.9 Å². The van der Waals surface area contributed by atoms with Gasteiger partial charge in [-0.25, -0.2) is 4.98 Å². The van der Waals surface area contributed by atoms with Crippen molar-refractivity contribution in [1.82, 2.24) is 46.8 Å². The average molecular weight is 970 g/mol. The van der Waals surface area contributed by atoms with Crippen molar-refractivity contribution in [2.24, 2.45) is 34.0 Å². The number of aromatic hydroxyl groups is 1. The molecule has 0 bridgehead atoms. The molecule has 0 radical (unpaired) electrons. The second-order valence-electron chi connectivity index (χ2n) is 17.3. The lowest BCUT2D eigenvalue weighted by Gasteiger charge is -2.32. The smallest absolute Gasteiger partial charge is 0.325 e. The van der Waals surface area contributed by atoms with Crippen LogP contribution >= 0.6 is 0 Å². The zero-order valence-electron chi connectivity index (χ0n) is 39.4. The van der Waals surface area contributed by atoms with Crippen LogP contribution in [0.15, 0.2) is 41.8 Å². The van der Waals surface area contributed by atoms with E-state index in [2.05, 4.69) is 46.9 Å². The Kier molecular flexibility index (Phi) is 21.8. The largest absolute Gasteiger partial charge is 0.508 e. The number of aromatic nitrogens is 2. The topological polar surface area (TPSA) is 409 Å². The number of aliphatic carboxylic acids is 2. The Morgan fingerprint density at radius 2 is 1.42 bits per heavy atom. The molecule has 1 fully saturated rings. The number of nitrogens with one attached hydrogen (secondary N) is 7. The normalized spacial score (nSPS) is 16.8. The van der Waals surface area contributed by atoms with Gasteiger partial charge in [0.05, 0.1) is 18.8 Å². The second-order valence-corrected chi connectivity index (χ2v) is 17.3. The number of guanidine groups is 1. The van der Waals surface area contributed by atoms with Gasteiger partial charge in [0.25, 0.3) is 0 Å². The zero-order chi connectivity index (χ0) is 51.5. The number of nitrogens with zero attached hydrogens (tertiary/aromatic N) is 3. The van der Waals surface area contributed by atoms with E-state index in [1.807, 2.05) is 0 Å². The predicted molar refractivity (Wildman–Crippen MR) is 248 cm³/mol. The quantitative estimate of drug-likeness (QED) is 0.0249. The highest BCUT2D eigenvalue weighted by Gasteiger charge is 2.40. The van der Waals surface area contributed by atoms with Gasteiger partial charge in [-0.3, -0.25) is 48.1 Å². The van der Waals surface area contributed by atoms with Crippen LogP contribution in [0.25, 0.3) is 0 Å². The molecule has 1 aliphatic heterocycles. The Morgan fingerprint density at radius 1 is 0.812 bits per heavy atom. The number of aliphatic imine (C=N–C) groups is 1. The number of carboxylic acid groups (broad SMARTS) is 2. The number of carbonyl (C=O) groups is 9. The summed E-state index contributed by atoms with van der Waals surface area (Å²) in [6, 6.07) is -4.62. The minimum atomic E-state index is -1.51. The number of phenolic OH excluding ortho intramolecular Hbond substituents is 1. The maximum absolute atomic E-state index is 14.5. The molecule has 1 aliphatic rings. The summed E-state index contributed by atoms with van der Waals surface area (Å²) in [7, 11) is 0. The van der Waals surface area contributed by atoms with Crippen molar-refractivity contribution in [3.8, 4) is 5.75 Å². The minimum absolute atomic E-state index is 0.0557. The molecule has 1 aromatic carbocycles. The van der Waals surface area contributed by atoms with Gasteiger partial charge in [0.2, 0.25) is 41.4 Å². The number of carbonyl (C=O) groups excluding carboxylic acids is 7. The van der Waals surface area contributed by atoms with Gasteiger partial charge in [0, 0.05) is 37.8 Å². The van der Waals surface area contributed by atoms with Crippen LogP contribution in [0.1, 0.15) is 84.4 Å². The van der Waals surface area contributed by atoms with Crippen LogP contribution in [-0.4, -0.2) is 151 Å². The number of phenols is 1. The van der Waals surface area contributed by atoms with Crippen LogP contribution in [0.3, 0.4) is 0 Å². The Labute approximate surface area is 398 Å². The molecule has 0 saturated carbocycles. The molecule has 1 saturated heterocycles. The molecular formula is C44H67N13O12. The highest BCUT2D eigenvalue weighted by molar-refractivity contribution is 5.98. The lowest BCUT2D eigenvalue weighted by molar-refractivity contribution is -0.144. The number of H-pyrrole nitrogens is 1. The molecule has 2 heterocycles. The summed E-state index contributed by atoms with van der Waals surface area (Å²) in [4.78, 5) is 132. The van der Waals surface area contributed by atoms with E-state index in [1.54, 1.807) is 27.7 Å². The van der Waals surface area contributed by atoms with E-state index in [0.717, 1.165) is 0 Å². The van der Waals surface area contributed by atoms with Crippen molar-refractivity contribution in [3.05, 3.63) is 48.0 Å². The lowest BCUT2D eigenvalue weighted by Crippen LogP contribution is -2.62. The van der Waals surface area contributed by atoms with Crippen molar-refractivity contribution < 1.29 is 58.5 Å². The molecule has 25 nitrogen and oxygen atoms in total. The molecule has 0 aliphatic carbocycles. The van der Waals surface area contributed by atoms with Gasteiger partial charge in [-0.2, -0.15) is 0 Å². The van der Waals surface area contributed by atoms with E-state index in [0.29, 0.717) is 24.1 Å². The number of benzene rings is 1. The summed E-state index contributed by atoms with van der Waals surface area (Å²) < 4.78 is 0. The monoisotopic (exact) mass is 970 g/mol. The number of hydrogen-bond donors (Lipinski definition) is 13. The number of likely N-dealkylation sites (tertiary alicyclic amines) is 1. The first-order valence-electron chi connectivity index (χ1n) is 22.7. The molecule has 16 N–H and O–H groups in total. The van der Waals surface area contributed by atoms with Gasteiger partial charge in [-0.05, 0) is 62.1 Å². The molecule has 3 rings (SSSR count). The third kappa shape index (κ3) is 17.7. The molecule has 9 atom stereocenters. The fraction of sp³-hybridized carbons (Fsp3) is 0.568. The van der Waals surface area contributed by atoms with Crippen LogP contribution < -0.4 is 49.1 Å². The summed E-state index contributed by atoms with van der Waals surface area (Å²) in [6.07, 6.45) is 2.99. The number of hydrogen-bond acceptors (Lipinski definition) is 13. The van der Waals surface area contributed by atoms with E-state index >= 15 is 0 Å². The van der Waals surface area contributed by atoms with Gasteiger partial charge < -0.3 is 74.3 Å². The van der Waals surface area contributed by atoms with Crippen LogP contribution in [0, 0.1) is 11.8 Å². The first-order chi connectivity index (χ1) is 32.5. The molecular weight excluding hydrogens is 903 g/mol. The van der Waals surface area contributed by atoms with Gasteiger partial charge in [0.15, 0.2) is 5.96 Å². The van der Waals surface area contributed by atoms with Gasteiger partial charge in [-0.15, -0.1) is 0 Å². The summed E-state index contributed by atoms with van der Waals surface area (Å²) in [5.74, 6) is -9.59. The molecule has 9 unspecified atom stereocenters. The summed E-state index contributed by atoms with van der Waals surface area (Å²) in [5.41, 5.74) is 17.5. The Hall–Kier alpha value is -7.31. The lowest BCUT2D eigenvalue weighted by atomic mass is 9.96. The average Bonchev–Trinajstić information content (AvgIpc) is 4.00. The molecule has 25 heteroatoms. The van der Waals surface area contributed by atoms with Crippen molar-refractivity contribution in [2.75, 3.05) is 13.1 Å². The van der Waals surface area contributed by atoms with Crippen LogP contribution in [-0.2, 0) is 56.0 Å². The summed E-state index contributed by atoms with van der Waals surface area (Å²) >= 11 is 0. The molecule has 69 heavy (non-hydrogen) atoms. The van der Waals surface area contributed by atoms with Crippen LogP contribution in [0.2, 0.25) is 0 Å². The minimum Gasteiger partial charge on any atom is -0.508 e. The highest BCUT2D eigenvalue weighted by atomic mass is 16.4. The Balaban J connectivity index is 1.93. The van der Waals surface area contributed by atoms with Crippen molar-refractivity contribution >= 4 is 59.2 Å². The van der Waals surface area contributed by atoms with Crippen LogP contribution in [0.5, 0.6) is 5.75 Å². The second kappa shape index (κ2) is 26.9. The van der Waals surface area contributed by atoms with E-state index in [9.17, 15) is 53.4 Å². The molecule has 7 amide bonds. The third-order valence-corrected chi connectivity index (χ3v) is 11.5. The molecule has 0 spiro atoms. The number of aromatic amines is 1. The van der Waals surface area contributed by atoms with E-state index < -0.39 is 120 Å². The standard InChI is InChI=1S/C44H67N13O12/c1-6-23(4)35(41(66)54-31(18-26-20-48-21-50-26)42(67)57-16-8-10-32(57)39(64)51-24(5)43(68)69)56-38(63)30(17-25-11-13-27(58)14-12-25)53-40(65)34(22(2)3)55-37(62)29(9-7-15-49-44(46)47)52-36(61)28(45)19-33(59)60/h11-14,20-24,28-32,34-35,58H,6-10,15-19,45H2,1-5H3,(H,48,50)(H,51,64)(H,52,61)(H,53,65)(H,54,66)(H,55,62)(H,56,63)(H,59,60)(H,68,69)(H4,46,47,49). The summed E-state index contributed by atoms with van der Waals surface area (Å²) in [6.45, 7) is 8.21. The number of rotatable bonds is 27. The Bertz CT molecular complexity index is 2130. The first kappa shape index (κ1) is 56.0. The maximum atomic E-state index is 14.5. The SMILES string of the molecule is CCC(C)C(NC(=O)C(Cc1ccc(O)cc1)NC(=O)C(NC(=O)C(CCCN=C(N)N)NC(=O)C(N)CC(=O)O)C(C)C)C(=O)NC(Cc1cnc[nH]1)C(=O)N1CCCC1C(=O)NC(C)C(=O)O. The number of imidazole rings is 1. The fourth-order valence-electron chi connectivity index (χ4n) is 7.37. The number of amides is 7. The van der Waals surface area contributed by atoms with Crippen molar-refractivity contribution in [2.45, 2.75) is 134 Å². The highest BCUT2D eigenvalue weighted by Crippen LogP contribution is 2.21. The third-order valence-electron chi connectivity index (χ3n) is 11.5. The zero-order valence-corrected chi connectivity index (χ0v) is 39.4. The molecule has 380 valence electrons. The number of nitrogens with two attached hydrogens (primary N) is 3. The van der Waals surface area contributed by atoms with E-state index in [-0.39, 0.29) is 56.9 Å². The maximum Gasteiger partial charge on any atom is 0.325 e. The van der Waals surface area contributed by atoms with Crippen molar-refractivity contribution in [1.29, 1.82) is 0 Å². The van der Waals surface area contributed by atoms with E-state index in [1.165, 1.54) is 48.6 Å². The summed E-state index contributed by atoms with van der Waals surface area (Å²) in [5, 5.41) is 44.1. The fourth-order valence-corrected chi connectivity index (χ4v) is 7.37. The molecule has 1 aromatic heterocycles. The van der Waals surface area contributed by atoms with Gasteiger partial charge in [0.1, 0.15) is 48.0 Å². The molecule has 2 aromatic rings.